The topological polar surface area (TPSA) is 80.9 Å². The van der Waals surface area contributed by atoms with E-state index in [1.54, 1.807) is 25.5 Å². The fraction of sp³-hybridized carbons (Fsp3) is 0.375. The molecule has 0 saturated carbocycles. The molecule has 3 N–H and O–H groups in total. The fourth-order valence-corrected chi connectivity index (χ4v) is 0.971. The van der Waals surface area contributed by atoms with Gasteiger partial charge in [0.2, 0.25) is 5.91 Å². The van der Waals surface area contributed by atoms with E-state index in [0.29, 0.717) is 6.42 Å². The van der Waals surface area contributed by atoms with Crippen LogP contribution in [0.2, 0.25) is 0 Å². The molecule has 70 valence electrons. The molecule has 0 aliphatic rings. The predicted molar refractivity (Wildman–Crippen MR) is 47.8 cm³/mol. The van der Waals surface area contributed by atoms with Gasteiger partial charge in [0, 0.05) is 13.2 Å². The average Bonchev–Trinajstić information content (AvgIpc) is 2.18. The zero-order valence-electron chi connectivity index (χ0n) is 7.40. The second-order valence-electron chi connectivity index (χ2n) is 2.68. The predicted octanol–water partition coefficient (Wildman–Crippen LogP) is -0.908. The average molecular weight is 180 g/mol. The molecule has 1 atom stereocenters. The van der Waals surface area contributed by atoms with Crippen molar-refractivity contribution in [3.63, 3.8) is 0 Å². The van der Waals surface area contributed by atoms with E-state index in [1.807, 2.05) is 0 Å². The maximum absolute atomic E-state index is 11.0. The zero-order valence-corrected chi connectivity index (χ0v) is 7.40. The SMILES string of the molecule is CNC(=O)C(N)Cc1ccnnc1. The first kappa shape index (κ1) is 9.60. The Labute approximate surface area is 76.4 Å². The molecule has 1 amide bonds. The van der Waals surface area contributed by atoms with Gasteiger partial charge in [-0.2, -0.15) is 10.2 Å². The van der Waals surface area contributed by atoms with Gasteiger partial charge in [-0.15, -0.1) is 0 Å². The molecule has 1 aromatic heterocycles. The molecule has 13 heavy (non-hydrogen) atoms. The van der Waals surface area contributed by atoms with Crippen molar-refractivity contribution in [3.8, 4) is 0 Å². The van der Waals surface area contributed by atoms with Crippen LogP contribution in [0.15, 0.2) is 18.5 Å². The minimum absolute atomic E-state index is 0.170. The van der Waals surface area contributed by atoms with Crippen LogP contribution >= 0.6 is 0 Å². The summed E-state index contributed by atoms with van der Waals surface area (Å²) in [5.74, 6) is -0.170. The maximum atomic E-state index is 11.0. The lowest BCUT2D eigenvalue weighted by atomic mass is 10.1. The van der Waals surface area contributed by atoms with Gasteiger partial charge in [0.25, 0.3) is 0 Å². The molecular weight excluding hydrogens is 168 g/mol. The number of nitrogens with zero attached hydrogens (tertiary/aromatic N) is 2. The number of carbonyl (C=O) groups is 1. The monoisotopic (exact) mass is 180 g/mol. The van der Waals surface area contributed by atoms with Crippen molar-refractivity contribution in [1.29, 1.82) is 0 Å². The molecule has 5 nitrogen and oxygen atoms in total. The summed E-state index contributed by atoms with van der Waals surface area (Å²) >= 11 is 0. The fourth-order valence-electron chi connectivity index (χ4n) is 0.971. The van der Waals surface area contributed by atoms with Crippen LogP contribution in [0.4, 0.5) is 0 Å². The lowest BCUT2D eigenvalue weighted by Crippen LogP contribution is -2.40. The third-order valence-electron chi connectivity index (χ3n) is 1.68. The molecule has 0 spiro atoms. The van der Waals surface area contributed by atoms with Gasteiger partial charge in [0.15, 0.2) is 0 Å². The van der Waals surface area contributed by atoms with Gasteiger partial charge in [-0.25, -0.2) is 0 Å². The molecule has 1 rings (SSSR count). The molecular formula is C8H12N4O. The van der Waals surface area contributed by atoms with E-state index >= 15 is 0 Å². The lowest BCUT2D eigenvalue weighted by Gasteiger charge is -2.08. The number of carbonyl (C=O) groups excluding carboxylic acids is 1. The van der Waals surface area contributed by atoms with Crippen LogP contribution in [-0.2, 0) is 11.2 Å². The highest BCUT2D eigenvalue weighted by Crippen LogP contribution is 1.98. The highest BCUT2D eigenvalue weighted by molar-refractivity contribution is 5.81. The highest BCUT2D eigenvalue weighted by atomic mass is 16.2. The molecule has 1 unspecified atom stereocenters. The van der Waals surface area contributed by atoms with E-state index in [4.69, 9.17) is 5.73 Å². The molecule has 0 fully saturated rings. The van der Waals surface area contributed by atoms with Crippen molar-refractivity contribution in [2.45, 2.75) is 12.5 Å². The standard InChI is InChI=1S/C8H12N4O/c1-10-8(13)7(9)4-6-2-3-11-12-5-6/h2-3,5,7H,4,9H2,1H3,(H,10,13). The van der Waals surface area contributed by atoms with E-state index in [1.165, 1.54) is 0 Å². The first-order valence-electron chi connectivity index (χ1n) is 3.97. The molecule has 0 bridgehead atoms. The molecule has 0 aliphatic heterocycles. The van der Waals surface area contributed by atoms with Crippen molar-refractivity contribution in [1.82, 2.24) is 15.5 Å². The Kier molecular flexibility index (Phi) is 3.33. The molecule has 1 heterocycles. The Bertz CT molecular complexity index is 275. The van der Waals surface area contributed by atoms with Crippen molar-refractivity contribution in [3.05, 3.63) is 24.0 Å². The number of aromatic nitrogens is 2. The zero-order chi connectivity index (χ0) is 9.68. The van der Waals surface area contributed by atoms with E-state index < -0.39 is 6.04 Å². The van der Waals surface area contributed by atoms with Crippen molar-refractivity contribution >= 4 is 5.91 Å². The second-order valence-corrected chi connectivity index (χ2v) is 2.68. The van der Waals surface area contributed by atoms with Crippen LogP contribution in [0.5, 0.6) is 0 Å². The van der Waals surface area contributed by atoms with Crippen molar-refractivity contribution < 1.29 is 4.79 Å². The van der Waals surface area contributed by atoms with Crippen LogP contribution in [0, 0.1) is 0 Å². The molecule has 0 aliphatic carbocycles. The summed E-state index contributed by atoms with van der Waals surface area (Å²) in [5.41, 5.74) is 6.51. The number of amides is 1. The third-order valence-corrected chi connectivity index (χ3v) is 1.68. The first-order valence-corrected chi connectivity index (χ1v) is 3.97. The van der Waals surface area contributed by atoms with Gasteiger partial charge in [-0.05, 0) is 18.1 Å². The Hall–Kier alpha value is -1.49. The summed E-state index contributed by atoms with van der Waals surface area (Å²) < 4.78 is 0. The smallest absolute Gasteiger partial charge is 0.237 e. The molecule has 5 heteroatoms. The van der Waals surface area contributed by atoms with Crippen molar-refractivity contribution in [2.24, 2.45) is 5.73 Å². The summed E-state index contributed by atoms with van der Waals surface area (Å²) in [5, 5.41) is 9.80. The van der Waals surface area contributed by atoms with Crippen LogP contribution in [0.25, 0.3) is 0 Å². The third kappa shape index (κ3) is 2.79. The summed E-state index contributed by atoms with van der Waals surface area (Å²) in [7, 11) is 1.56. The van der Waals surface area contributed by atoms with Gasteiger partial charge < -0.3 is 11.1 Å². The number of nitrogens with one attached hydrogen (secondary N) is 1. The quantitative estimate of drug-likeness (QED) is 0.631. The summed E-state index contributed by atoms with van der Waals surface area (Å²) in [6, 6.07) is 1.27. The summed E-state index contributed by atoms with van der Waals surface area (Å²) in [6.45, 7) is 0. The first-order chi connectivity index (χ1) is 6.24. The molecule has 1 aromatic rings. The minimum atomic E-state index is -0.519. The molecule has 0 saturated heterocycles. The number of hydrogen-bond donors (Lipinski definition) is 2. The maximum Gasteiger partial charge on any atom is 0.237 e. The van der Waals surface area contributed by atoms with Gasteiger partial charge in [-0.3, -0.25) is 4.79 Å². The Balaban J connectivity index is 2.55. The second kappa shape index (κ2) is 4.51. The van der Waals surface area contributed by atoms with Gasteiger partial charge in [-0.1, -0.05) is 0 Å². The van der Waals surface area contributed by atoms with E-state index in [2.05, 4.69) is 15.5 Å². The number of rotatable bonds is 3. The van der Waals surface area contributed by atoms with Gasteiger partial charge in [0.1, 0.15) is 0 Å². The summed E-state index contributed by atoms with van der Waals surface area (Å²) in [4.78, 5) is 11.0. The van der Waals surface area contributed by atoms with Crippen LogP contribution in [0.1, 0.15) is 5.56 Å². The molecule has 0 aromatic carbocycles. The van der Waals surface area contributed by atoms with E-state index in [-0.39, 0.29) is 5.91 Å². The van der Waals surface area contributed by atoms with Crippen LogP contribution in [-0.4, -0.2) is 29.2 Å². The number of hydrogen-bond acceptors (Lipinski definition) is 4. The van der Waals surface area contributed by atoms with Crippen LogP contribution < -0.4 is 11.1 Å². The van der Waals surface area contributed by atoms with E-state index in [9.17, 15) is 4.79 Å². The summed E-state index contributed by atoms with van der Waals surface area (Å²) in [6.07, 6.45) is 3.66. The Morgan fingerprint density at radius 3 is 3.00 bits per heavy atom. The largest absolute Gasteiger partial charge is 0.358 e. The van der Waals surface area contributed by atoms with Gasteiger partial charge >= 0.3 is 0 Å². The van der Waals surface area contributed by atoms with Crippen LogP contribution in [0.3, 0.4) is 0 Å². The minimum Gasteiger partial charge on any atom is -0.358 e. The Morgan fingerprint density at radius 2 is 2.46 bits per heavy atom. The normalized spacial score (nSPS) is 12.2. The Morgan fingerprint density at radius 1 is 1.69 bits per heavy atom. The van der Waals surface area contributed by atoms with Crippen molar-refractivity contribution in [2.75, 3.05) is 7.05 Å². The number of nitrogens with two attached hydrogens (primary N) is 1. The number of likely N-dealkylation sites (N-methyl/N-ethyl adjacent to an activating group) is 1. The highest BCUT2D eigenvalue weighted by Gasteiger charge is 2.11. The lowest BCUT2D eigenvalue weighted by molar-refractivity contribution is -0.121. The van der Waals surface area contributed by atoms with E-state index in [0.717, 1.165) is 5.56 Å². The van der Waals surface area contributed by atoms with Gasteiger partial charge in [0.05, 0.1) is 12.2 Å². The molecule has 0 radical (unpaired) electrons.